The van der Waals surface area contributed by atoms with Crippen molar-refractivity contribution >= 4 is 11.6 Å². The lowest BCUT2D eigenvalue weighted by molar-refractivity contribution is 0.0993. The molecule has 0 saturated carbocycles. The fraction of sp³-hybridized carbons (Fsp3) is 0.125. The largest absolute Gasteiger partial charge is 0.311 e. The molecule has 2 rings (SSSR count). The summed E-state index contributed by atoms with van der Waals surface area (Å²) < 4.78 is 0. The first-order chi connectivity index (χ1) is 9.22. The van der Waals surface area contributed by atoms with Crippen LogP contribution in [0.1, 0.15) is 15.9 Å². The summed E-state index contributed by atoms with van der Waals surface area (Å²) in [7, 11) is 1.75. The second-order valence-corrected chi connectivity index (χ2v) is 4.23. The van der Waals surface area contributed by atoms with Crippen LogP contribution in [0.5, 0.6) is 0 Å². The number of para-hydroxylation sites is 1. The van der Waals surface area contributed by atoms with Gasteiger partial charge in [0.05, 0.1) is 12.5 Å². The molecule has 1 amide bonds. The molecular formula is C16H14N2O. The molecule has 0 aliphatic heterocycles. The van der Waals surface area contributed by atoms with Crippen LogP contribution in [0.15, 0.2) is 54.6 Å². The van der Waals surface area contributed by atoms with Gasteiger partial charge in [0.1, 0.15) is 0 Å². The standard InChI is InChI=1S/C16H14N2O/c1-18(15-5-3-2-4-6-15)16(19)14-9-7-13(8-10-14)11-12-17/h2-10H,11H2,1H3. The van der Waals surface area contributed by atoms with E-state index in [0.717, 1.165) is 11.3 Å². The number of nitriles is 1. The number of nitrogens with zero attached hydrogens (tertiary/aromatic N) is 2. The van der Waals surface area contributed by atoms with Gasteiger partial charge in [-0.15, -0.1) is 0 Å². The summed E-state index contributed by atoms with van der Waals surface area (Å²) >= 11 is 0. The number of hydrogen-bond donors (Lipinski definition) is 0. The summed E-state index contributed by atoms with van der Waals surface area (Å²) in [5.41, 5.74) is 2.39. The third kappa shape index (κ3) is 2.99. The summed E-state index contributed by atoms with van der Waals surface area (Å²) in [5, 5.41) is 8.61. The van der Waals surface area contributed by atoms with Crippen molar-refractivity contribution in [2.24, 2.45) is 0 Å². The summed E-state index contributed by atoms with van der Waals surface area (Å²) in [6.45, 7) is 0. The van der Waals surface area contributed by atoms with Crippen molar-refractivity contribution in [3.63, 3.8) is 0 Å². The van der Waals surface area contributed by atoms with E-state index in [1.165, 1.54) is 0 Å². The number of carbonyl (C=O) groups excluding carboxylic acids is 1. The molecule has 2 aromatic carbocycles. The highest BCUT2D eigenvalue weighted by Crippen LogP contribution is 2.15. The molecular weight excluding hydrogens is 236 g/mol. The lowest BCUT2D eigenvalue weighted by atomic mass is 10.1. The molecule has 0 spiro atoms. The van der Waals surface area contributed by atoms with E-state index in [1.807, 2.05) is 42.5 Å². The quantitative estimate of drug-likeness (QED) is 0.840. The molecule has 0 atom stereocenters. The van der Waals surface area contributed by atoms with E-state index in [2.05, 4.69) is 6.07 Å². The predicted molar refractivity (Wildman–Crippen MR) is 74.9 cm³/mol. The van der Waals surface area contributed by atoms with E-state index in [-0.39, 0.29) is 5.91 Å². The van der Waals surface area contributed by atoms with Gasteiger partial charge in [-0.05, 0) is 29.8 Å². The van der Waals surface area contributed by atoms with Crippen LogP contribution in [0.25, 0.3) is 0 Å². The molecule has 19 heavy (non-hydrogen) atoms. The van der Waals surface area contributed by atoms with Crippen molar-refractivity contribution in [1.29, 1.82) is 5.26 Å². The number of hydrogen-bond acceptors (Lipinski definition) is 2. The average Bonchev–Trinajstić information content (AvgIpc) is 2.48. The van der Waals surface area contributed by atoms with Crippen LogP contribution in [0, 0.1) is 11.3 Å². The molecule has 0 N–H and O–H groups in total. The lowest BCUT2D eigenvalue weighted by Gasteiger charge is -2.17. The Morgan fingerprint density at radius 2 is 1.74 bits per heavy atom. The summed E-state index contributed by atoms with van der Waals surface area (Å²) in [4.78, 5) is 13.9. The number of benzene rings is 2. The fourth-order valence-corrected chi connectivity index (χ4v) is 1.82. The van der Waals surface area contributed by atoms with Crippen LogP contribution in [0.4, 0.5) is 5.69 Å². The molecule has 0 bridgehead atoms. The molecule has 0 heterocycles. The first-order valence-corrected chi connectivity index (χ1v) is 6.01. The van der Waals surface area contributed by atoms with Crippen LogP contribution in [-0.2, 0) is 6.42 Å². The van der Waals surface area contributed by atoms with Gasteiger partial charge in [-0.25, -0.2) is 0 Å². The molecule has 0 unspecified atom stereocenters. The Bertz CT molecular complexity index is 597. The first-order valence-electron chi connectivity index (χ1n) is 6.01. The number of rotatable bonds is 3. The number of carbonyl (C=O) groups is 1. The zero-order chi connectivity index (χ0) is 13.7. The molecule has 0 aromatic heterocycles. The van der Waals surface area contributed by atoms with Crippen molar-refractivity contribution in [3.05, 3.63) is 65.7 Å². The monoisotopic (exact) mass is 250 g/mol. The maximum atomic E-state index is 12.3. The van der Waals surface area contributed by atoms with Crippen LogP contribution in [0.3, 0.4) is 0 Å². The maximum Gasteiger partial charge on any atom is 0.258 e. The summed E-state index contributed by atoms with van der Waals surface area (Å²) in [6, 6.07) is 18.7. The van der Waals surface area contributed by atoms with Crippen molar-refractivity contribution < 1.29 is 4.79 Å². The lowest BCUT2D eigenvalue weighted by Crippen LogP contribution is -2.26. The Balaban J connectivity index is 2.18. The average molecular weight is 250 g/mol. The third-order valence-electron chi connectivity index (χ3n) is 2.93. The Labute approximate surface area is 112 Å². The molecule has 0 radical (unpaired) electrons. The van der Waals surface area contributed by atoms with E-state index in [1.54, 1.807) is 24.1 Å². The minimum absolute atomic E-state index is 0.0605. The Kier molecular flexibility index (Phi) is 3.94. The van der Waals surface area contributed by atoms with Gasteiger partial charge in [0.2, 0.25) is 0 Å². The zero-order valence-electron chi connectivity index (χ0n) is 10.7. The number of anilines is 1. The Morgan fingerprint density at radius 3 is 2.32 bits per heavy atom. The van der Waals surface area contributed by atoms with E-state index in [4.69, 9.17) is 5.26 Å². The highest BCUT2D eigenvalue weighted by Gasteiger charge is 2.12. The fourth-order valence-electron chi connectivity index (χ4n) is 1.82. The number of amides is 1. The van der Waals surface area contributed by atoms with E-state index in [0.29, 0.717) is 12.0 Å². The second kappa shape index (κ2) is 5.83. The van der Waals surface area contributed by atoms with E-state index < -0.39 is 0 Å². The van der Waals surface area contributed by atoms with Crippen molar-refractivity contribution in [3.8, 4) is 6.07 Å². The normalized spacial score (nSPS) is 9.68. The van der Waals surface area contributed by atoms with Crippen molar-refractivity contribution in [2.45, 2.75) is 6.42 Å². The maximum absolute atomic E-state index is 12.3. The minimum atomic E-state index is -0.0605. The van der Waals surface area contributed by atoms with Gasteiger partial charge in [0, 0.05) is 18.3 Å². The highest BCUT2D eigenvalue weighted by molar-refractivity contribution is 6.05. The van der Waals surface area contributed by atoms with E-state index in [9.17, 15) is 4.79 Å². The first kappa shape index (κ1) is 12.8. The third-order valence-corrected chi connectivity index (χ3v) is 2.93. The van der Waals surface area contributed by atoms with Gasteiger partial charge in [-0.3, -0.25) is 4.79 Å². The van der Waals surface area contributed by atoms with Crippen LogP contribution < -0.4 is 4.90 Å². The SMILES string of the molecule is CN(C(=O)c1ccc(CC#N)cc1)c1ccccc1. The molecule has 0 aliphatic rings. The van der Waals surface area contributed by atoms with Gasteiger partial charge < -0.3 is 4.90 Å². The smallest absolute Gasteiger partial charge is 0.258 e. The van der Waals surface area contributed by atoms with Crippen molar-refractivity contribution in [2.75, 3.05) is 11.9 Å². The van der Waals surface area contributed by atoms with Crippen LogP contribution in [0.2, 0.25) is 0 Å². The van der Waals surface area contributed by atoms with Gasteiger partial charge >= 0.3 is 0 Å². The molecule has 0 fully saturated rings. The summed E-state index contributed by atoms with van der Waals surface area (Å²) in [6.07, 6.45) is 0.364. The van der Waals surface area contributed by atoms with Crippen LogP contribution in [-0.4, -0.2) is 13.0 Å². The minimum Gasteiger partial charge on any atom is -0.311 e. The van der Waals surface area contributed by atoms with Gasteiger partial charge in [-0.2, -0.15) is 5.26 Å². The topological polar surface area (TPSA) is 44.1 Å². The van der Waals surface area contributed by atoms with Gasteiger partial charge in [-0.1, -0.05) is 30.3 Å². The summed E-state index contributed by atoms with van der Waals surface area (Å²) in [5.74, 6) is -0.0605. The predicted octanol–water partition coefficient (Wildman–Crippen LogP) is 3.03. The van der Waals surface area contributed by atoms with Crippen LogP contribution >= 0.6 is 0 Å². The molecule has 3 heteroatoms. The second-order valence-electron chi connectivity index (χ2n) is 4.23. The molecule has 0 aliphatic carbocycles. The molecule has 3 nitrogen and oxygen atoms in total. The zero-order valence-corrected chi connectivity index (χ0v) is 10.7. The molecule has 0 saturated heterocycles. The Hall–Kier alpha value is -2.60. The van der Waals surface area contributed by atoms with E-state index >= 15 is 0 Å². The van der Waals surface area contributed by atoms with Gasteiger partial charge in [0.25, 0.3) is 5.91 Å². The molecule has 94 valence electrons. The van der Waals surface area contributed by atoms with Crippen molar-refractivity contribution in [1.82, 2.24) is 0 Å². The Morgan fingerprint density at radius 1 is 1.11 bits per heavy atom. The molecule has 2 aromatic rings. The highest BCUT2D eigenvalue weighted by atomic mass is 16.2. The van der Waals surface area contributed by atoms with Gasteiger partial charge in [0.15, 0.2) is 0 Å².